The molecule has 0 aliphatic rings. The number of carboxylic acids is 1. The molecule has 0 amide bonds. The zero-order valence-corrected chi connectivity index (χ0v) is 9.85. The Morgan fingerprint density at radius 1 is 1.40 bits per heavy atom. The lowest BCUT2D eigenvalue weighted by Crippen LogP contribution is -2.09. The van der Waals surface area contributed by atoms with Gasteiger partial charge in [0.2, 0.25) is 0 Å². The molecule has 0 radical (unpaired) electrons. The van der Waals surface area contributed by atoms with Crippen LogP contribution < -0.4 is 0 Å². The topological polar surface area (TPSA) is 50.2 Å². The molecule has 1 rings (SSSR count). The number of aromatic nitrogens is 1. The predicted octanol–water partition coefficient (Wildman–Crippen LogP) is 2.87. The van der Waals surface area contributed by atoms with Gasteiger partial charge in [-0.25, -0.2) is 9.78 Å². The normalized spacial score (nSPS) is 10.4. The molecule has 0 bridgehead atoms. The summed E-state index contributed by atoms with van der Waals surface area (Å²) in [6, 6.07) is 0. The van der Waals surface area contributed by atoms with Crippen LogP contribution in [-0.2, 0) is 12.8 Å². The monoisotopic (exact) mass is 227 g/mol. The molecule has 0 aromatic carbocycles. The summed E-state index contributed by atoms with van der Waals surface area (Å²) in [7, 11) is 0. The molecule has 3 nitrogen and oxygen atoms in total. The average Bonchev–Trinajstić information content (AvgIpc) is 2.19. The van der Waals surface area contributed by atoms with Gasteiger partial charge in [-0.3, -0.25) is 0 Å². The molecule has 0 saturated carbocycles. The molecular weight excluding hydrogens is 214 g/mol. The van der Waals surface area contributed by atoms with E-state index in [1.807, 2.05) is 20.8 Å². The Labute approximate surface area is 94.1 Å². The van der Waals surface area contributed by atoms with Crippen LogP contribution in [0.4, 0.5) is 0 Å². The van der Waals surface area contributed by atoms with Gasteiger partial charge in [0.15, 0.2) is 0 Å². The third-order valence-corrected chi connectivity index (χ3v) is 2.80. The van der Waals surface area contributed by atoms with Crippen LogP contribution in [0, 0.1) is 6.92 Å². The summed E-state index contributed by atoms with van der Waals surface area (Å²) in [5, 5.41) is 9.14. The maximum Gasteiger partial charge on any atom is 0.339 e. The minimum absolute atomic E-state index is 0.0989. The smallest absolute Gasteiger partial charge is 0.339 e. The van der Waals surface area contributed by atoms with E-state index >= 15 is 0 Å². The summed E-state index contributed by atoms with van der Waals surface area (Å²) >= 11 is 5.87. The lowest BCUT2D eigenvalue weighted by atomic mass is 9.99. The Morgan fingerprint density at radius 2 is 2.00 bits per heavy atom. The fraction of sp³-hybridized carbons (Fsp3) is 0.455. The molecule has 0 unspecified atom stereocenters. The molecule has 1 N–H and O–H groups in total. The van der Waals surface area contributed by atoms with Crippen LogP contribution >= 0.6 is 11.6 Å². The van der Waals surface area contributed by atoms with Gasteiger partial charge < -0.3 is 5.11 Å². The van der Waals surface area contributed by atoms with E-state index in [1.165, 1.54) is 0 Å². The van der Waals surface area contributed by atoms with Crippen molar-refractivity contribution in [1.82, 2.24) is 4.98 Å². The van der Waals surface area contributed by atoms with Crippen LogP contribution in [0.15, 0.2) is 0 Å². The highest BCUT2D eigenvalue weighted by Crippen LogP contribution is 2.24. The van der Waals surface area contributed by atoms with Crippen molar-refractivity contribution in [3.63, 3.8) is 0 Å². The summed E-state index contributed by atoms with van der Waals surface area (Å²) in [6.45, 7) is 5.80. The van der Waals surface area contributed by atoms with Gasteiger partial charge in [-0.05, 0) is 30.9 Å². The standard InChI is InChI=1S/C11H14ClNO2/c1-4-7-6(3)8(5-2)13-10(12)9(7)11(14)15/h4-5H2,1-3H3,(H,14,15). The molecular formula is C11H14ClNO2. The lowest BCUT2D eigenvalue weighted by molar-refractivity contribution is 0.0695. The molecule has 82 valence electrons. The second kappa shape index (κ2) is 4.62. The van der Waals surface area contributed by atoms with Gasteiger partial charge in [-0.1, -0.05) is 25.4 Å². The van der Waals surface area contributed by atoms with Gasteiger partial charge in [0.25, 0.3) is 0 Å². The first-order valence-electron chi connectivity index (χ1n) is 4.94. The summed E-state index contributed by atoms with van der Waals surface area (Å²) in [5.74, 6) is -1.00. The van der Waals surface area contributed by atoms with Gasteiger partial charge in [-0.15, -0.1) is 0 Å². The molecule has 1 aromatic rings. The Bertz CT molecular complexity index is 402. The van der Waals surface area contributed by atoms with Crippen LogP contribution in [-0.4, -0.2) is 16.1 Å². The van der Waals surface area contributed by atoms with Crippen LogP contribution in [0.5, 0.6) is 0 Å². The predicted molar refractivity (Wildman–Crippen MR) is 59.7 cm³/mol. The SMILES string of the molecule is CCc1nc(Cl)c(C(=O)O)c(CC)c1C. The van der Waals surface area contributed by atoms with E-state index in [0.717, 1.165) is 23.2 Å². The molecule has 0 fully saturated rings. The van der Waals surface area contributed by atoms with E-state index in [9.17, 15) is 4.79 Å². The third kappa shape index (κ3) is 2.12. The van der Waals surface area contributed by atoms with Gasteiger partial charge >= 0.3 is 5.97 Å². The maximum absolute atomic E-state index is 11.0. The van der Waals surface area contributed by atoms with Gasteiger partial charge in [0.1, 0.15) is 10.7 Å². The van der Waals surface area contributed by atoms with Gasteiger partial charge in [0.05, 0.1) is 0 Å². The van der Waals surface area contributed by atoms with Crippen molar-refractivity contribution in [2.75, 3.05) is 0 Å². The molecule has 1 aromatic heterocycles. The lowest BCUT2D eigenvalue weighted by Gasteiger charge is -2.12. The van der Waals surface area contributed by atoms with Gasteiger partial charge in [0, 0.05) is 5.69 Å². The molecule has 0 aliphatic heterocycles. The number of carbonyl (C=O) groups is 1. The number of aryl methyl sites for hydroxylation is 1. The van der Waals surface area contributed by atoms with Crippen LogP contribution in [0.2, 0.25) is 5.15 Å². The van der Waals surface area contributed by atoms with Crippen molar-refractivity contribution < 1.29 is 9.90 Å². The first kappa shape index (κ1) is 12.0. The number of hydrogen-bond acceptors (Lipinski definition) is 2. The van der Waals surface area contributed by atoms with Crippen molar-refractivity contribution in [2.24, 2.45) is 0 Å². The van der Waals surface area contributed by atoms with Crippen LogP contribution in [0.1, 0.15) is 41.0 Å². The largest absolute Gasteiger partial charge is 0.478 e. The van der Waals surface area contributed by atoms with E-state index in [-0.39, 0.29) is 10.7 Å². The van der Waals surface area contributed by atoms with Crippen molar-refractivity contribution in [2.45, 2.75) is 33.6 Å². The first-order valence-corrected chi connectivity index (χ1v) is 5.31. The number of carboxylic acid groups (broad SMARTS) is 1. The highest BCUT2D eigenvalue weighted by molar-refractivity contribution is 6.32. The van der Waals surface area contributed by atoms with Crippen LogP contribution in [0.25, 0.3) is 0 Å². The first-order chi connectivity index (χ1) is 7.02. The molecule has 0 spiro atoms. The van der Waals surface area contributed by atoms with Crippen molar-refractivity contribution >= 4 is 17.6 Å². The number of hydrogen-bond donors (Lipinski definition) is 1. The highest BCUT2D eigenvalue weighted by Gasteiger charge is 2.19. The second-order valence-electron chi connectivity index (χ2n) is 3.34. The summed E-state index contributed by atoms with van der Waals surface area (Å²) in [5.41, 5.74) is 2.76. The Balaban J connectivity index is 3.53. The number of aromatic carboxylic acids is 1. The van der Waals surface area contributed by atoms with Crippen LogP contribution in [0.3, 0.4) is 0 Å². The fourth-order valence-corrected chi connectivity index (χ4v) is 2.04. The van der Waals surface area contributed by atoms with Gasteiger partial charge in [-0.2, -0.15) is 0 Å². The summed E-state index contributed by atoms with van der Waals surface area (Å²) in [4.78, 5) is 15.1. The number of rotatable bonds is 3. The van der Waals surface area contributed by atoms with Crippen molar-refractivity contribution in [3.05, 3.63) is 27.5 Å². The molecule has 0 aliphatic carbocycles. The van der Waals surface area contributed by atoms with Crippen molar-refractivity contribution in [3.8, 4) is 0 Å². The molecule has 4 heteroatoms. The molecule has 0 atom stereocenters. The third-order valence-electron chi connectivity index (χ3n) is 2.53. The van der Waals surface area contributed by atoms with E-state index in [2.05, 4.69) is 4.98 Å². The molecule has 1 heterocycles. The minimum atomic E-state index is -1.00. The molecule has 15 heavy (non-hydrogen) atoms. The molecule has 0 saturated heterocycles. The fourth-order valence-electron chi connectivity index (χ4n) is 1.75. The van der Waals surface area contributed by atoms with E-state index < -0.39 is 5.97 Å². The Morgan fingerprint density at radius 3 is 2.40 bits per heavy atom. The number of nitrogens with zero attached hydrogens (tertiary/aromatic N) is 1. The minimum Gasteiger partial charge on any atom is -0.478 e. The number of halogens is 1. The average molecular weight is 228 g/mol. The Kier molecular flexibility index (Phi) is 3.69. The Hall–Kier alpha value is -1.09. The maximum atomic E-state index is 11.0. The second-order valence-corrected chi connectivity index (χ2v) is 3.70. The summed E-state index contributed by atoms with van der Waals surface area (Å²) in [6.07, 6.45) is 1.42. The van der Waals surface area contributed by atoms with E-state index in [4.69, 9.17) is 16.7 Å². The van der Waals surface area contributed by atoms with E-state index in [0.29, 0.717) is 6.42 Å². The van der Waals surface area contributed by atoms with E-state index in [1.54, 1.807) is 0 Å². The zero-order valence-electron chi connectivity index (χ0n) is 9.09. The summed E-state index contributed by atoms with van der Waals surface area (Å²) < 4.78 is 0. The number of pyridine rings is 1. The zero-order chi connectivity index (χ0) is 11.6. The quantitative estimate of drug-likeness (QED) is 0.808. The highest BCUT2D eigenvalue weighted by atomic mass is 35.5. The van der Waals surface area contributed by atoms with Crippen molar-refractivity contribution in [1.29, 1.82) is 0 Å².